The van der Waals surface area contributed by atoms with Gasteiger partial charge in [0.15, 0.2) is 11.0 Å². The molecule has 5 rings (SSSR count). The van der Waals surface area contributed by atoms with Gasteiger partial charge >= 0.3 is 0 Å². The number of benzene rings is 2. The maximum atomic E-state index is 4.74. The first kappa shape index (κ1) is 15.9. The van der Waals surface area contributed by atoms with Crippen molar-refractivity contribution < 1.29 is 0 Å². The summed E-state index contributed by atoms with van der Waals surface area (Å²) in [5.41, 5.74) is 2.98. The molecule has 132 valence electrons. The van der Waals surface area contributed by atoms with E-state index in [4.69, 9.17) is 9.97 Å². The highest BCUT2D eigenvalue weighted by Gasteiger charge is 2.11. The monoisotopic (exact) mass is 372 g/mol. The summed E-state index contributed by atoms with van der Waals surface area (Å²) < 4.78 is 0. The van der Waals surface area contributed by atoms with Crippen LogP contribution >= 0.6 is 11.8 Å². The summed E-state index contributed by atoms with van der Waals surface area (Å²) in [5, 5.41) is 14.3. The lowest BCUT2D eigenvalue weighted by Crippen LogP contribution is -1.99. The average molecular weight is 372 g/mol. The van der Waals surface area contributed by atoms with Crippen molar-refractivity contribution in [2.45, 2.75) is 17.1 Å². The van der Waals surface area contributed by atoms with Crippen LogP contribution in [0.15, 0.2) is 70.8 Å². The minimum atomic E-state index is 0.676. The van der Waals surface area contributed by atoms with E-state index < -0.39 is 0 Å². The highest BCUT2D eigenvalue weighted by atomic mass is 32.2. The number of aromatic amines is 2. The van der Waals surface area contributed by atoms with E-state index in [-0.39, 0.29) is 0 Å². The second-order valence-corrected chi connectivity index (χ2v) is 7.27. The molecule has 2 aromatic carbocycles. The Bertz CT molecular complexity index is 1220. The SMILES string of the molecule is Cc1cc(Nc2nc(Sc3cc4ccccc4[nH]3)nc3ccccc23)n[nH]1. The molecule has 3 N–H and O–H groups in total. The summed E-state index contributed by atoms with van der Waals surface area (Å²) in [6, 6.07) is 20.2. The van der Waals surface area contributed by atoms with Crippen LogP contribution in [0.5, 0.6) is 0 Å². The highest BCUT2D eigenvalue weighted by Crippen LogP contribution is 2.31. The molecule has 3 aromatic heterocycles. The van der Waals surface area contributed by atoms with Crippen LogP contribution in [0.25, 0.3) is 21.8 Å². The number of nitrogens with one attached hydrogen (secondary N) is 3. The second-order valence-electron chi connectivity index (χ2n) is 6.26. The molecule has 3 heterocycles. The van der Waals surface area contributed by atoms with E-state index in [1.807, 2.05) is 49.4 Å². The molecule has 0 aliphatic rings. The molecule has 5 aromatic rings. The molecule has 0 spiro atoms. The van der Waals surface area contributed by atoms with Gasteiger partial charge < -0.3 is 10.3 Å². The van der Waals surface area contributed by atoms with Crippen LogP contribution in [-0.2, 0) is 0 Å². The maximum absolute atomic E-state index is 4.74. The fraction of sp³-hybridized carbons (Fsp3) is 0.0500. The van der Waals surface area contributed by atoms with Crippen molar-refractivity contribution in [1.29, 1.82) is 0 Å². The van der Waals surface area contributed by atoms with Gasteiger partial charge in [-0.05, 0) is 43.0 Å². The Kier molecular flexibility index (Phi) is 3.79. The zero-order valence-electron chi connectivity index (χ0n) is 14.5. The summed E-state index contributed by atoms with van der Waals surface area (Å²) >= 11 is 1.51. The molecular formula is C20H16N6S. The Labute approximate surface area is 159 Å². The van der Waals surface area contributed by atoms with Crippen molar-refractivity contribution in [3.63, 3.8) is 0 Å². The number of rotatable bonds is 4. The Balaban J connectivity index is 1.55. The minimum absolute atomic E-state index is 0.676. The molecule has 0 atom stereocenters. The van der Waals surface area contributed by atoms with E-state index in [9.17, 15) is 0 Å². The predicted octanol–water partition coefficient (Wildman–Crippen LogP) is 5.04. The molecule has 7 heteroatoms. The zero-order valence-corrected chi connectivity index (χ0v) is 15.3. The summed E-state index contributed by atoms with van der Waals surface area (Å²) in [6.07, 6.45) is 0. The Morgan fingerprint density at radius 2 is 1.81 bits per heavy atom. The van der Waals surface area contributed by atoms with Crippen LogP contribution < -0.4 is 5.32 Å². The van der Waals surface area contributed by atoms with E-state index >= 15 is 0 Å². The molecule has 0 amide bonds. The number of nitrogens with zero attached hydrogens (tertiary/aromatic N) is 3. The maximum Gasteiger partial charge on any atom is 0.196 e. The fourth-order valence-corrected chi connectivity index (χ4v) is 3.82. The quantitative estimate of drug-likeness (QED) is 0.385. The van der Waals surface area contributed by atoms with E-state index in [2.05, 4.69) is 38.7 Å². The lowest BCUT2D eigenvalue weighted by atomic mass is 10.2. The molecule has 0 saturated heterocycles. The third-order valence-corrected chi connectivity index (χ3v) is 5.05. The summed E-state index contributed by atoms with van der Waals surface area (Å²) in [5.74, 6) is 1.48. The van der Waals surface area contributed by atoms with Gasteiger partial charge in [0, 0.05) is 28.0 Å². The van der Waals surface area contributed by atoms with Crippen LogP contribution in [-0.4, -0.2) is 25.1 Å². The van der Waals surface area contributed by atoms with Crippen LogP contribution in [0.4, 0.5) is 11.6 Å². The van der Waals surface area contributed by atoms with Crippen molar-refractivity contribution >= 4 is 45.2 Å². The number of fused-ring (bicyclic) bond motifs is 2. The van der Waals surface area contributed by atoms with Gasteiger partial charge in [-0.25, -0.2) is 9.97 Å². The number of hydrogen-bond acceptors (Lipinski definition) is 5. The van der Waals surface area contributed by atoms with Gasteiger partial charge in [0.1, 0.15) is 5.82 Å². The van der Waals surface area contributed by atoms with Crippen molar-refractivity contribution in [2.24, 2.45) is 0 Å². The largest absolute Gasteiger partial charge is 0.349 e. The molecule has 0 bridgehead atoms. The van der Waals surface area contributed by atoms with E-state index in [0.717, 1.165) is 38.8 Å². The van der Waals surface area contributed by atoms with E-state index in [1.54, 1.807) is 0 Å². The topological polar surface area (TPSA) is 82.3 Å². The van der Waals surface area contributed by atoms with Gasteiger partial charge in [-0.15, -0.1) is 0 Å². The third kappa shape index (κ3) is 3.13. The molecule has 0 aliphatic heterocycles. The van der Waals surface area contributed by atoms with Crippen LogP contribution in [0.1, 0.15) is 5.69 Å². The van der Waals surface area contributed by atoms with Gasteiger partial charge in [-0.2, -0.15) is 5.10 Å². The van der Waals surface area contributed by atoms with Gasteiger partial charge in [-0.1, -0.05) is 30.3 Å². The molecule has 0 radical (unpaired) electrons. The average Bonchev–Trinajstić information content (AvgIpc) is 3.27. The van der Waals surface area contributed by atoms with Crippen molar-refractivity contribution in [2.75, 3.05) is 5.32 Å². The standard InChI is InChI=1S/C20H16N6S/c1-12-10-17(26-25-12)23-19-14-7-3-5-9-16(14)22-20(24-19)27-18-11-13-6-2-4-8-15(13)21-18/h2-11,21H,1H3,(H2,22,23,24,25,26). The second kappa shape index (κ2) is 6.44. The normalized spacial score (nSPS) is 11.3. The minimum Gasteiger partial charge on any atom is -0.349 e. The lowest BCUT2D eigenvalue weighted by molar-refractivity contribution is 0.996. The lowest BCUT2D eigenvalue weighted by Gasteiger charge is -2.08. The Morgan fingerprint density at radius 3 is 2.67 bits per heavy atom. The summed E-state index contributed by atoms with van der Waals surface area (Å²) in [7, 11) is 0. The van der Waals surface area contributed by atoms with Crippen molar-refractivity contribution in [3.8, 4) is 0 Å². The molecule has 0 saturated carbocycles. The van der Waals surface area contributed by atoms with Gasteiger partial charge in [-0.3, -0.25) is 5.10 Å². The number of aromatic nitrogens is 5. The Morgan fingerprint density at radius 1 is 0.963 bits per heavy atom. The fourth-order valence-electron chi connectivity index (χ4n) is 3.00. The van der Waals surface area contributed by atoms with Gasteiger partial charge in [0.2, 0.25) is 0 Å². The number of hydrogen-bond donors (Lipinski definition) is 3. The van der Waals surface area contributed by atoms with Crippen LogP contribution in [0.2, 0.25) is 0 Å². The summed E-state index contributed by atoms with van der Waals surface area (Å²) in [4.78, 5) is 12.9. The predicted molar refractivity (Wildman–Crippen MR) is 109 cm³/mol. The number of aryl methyl sites for hydroxylation is 1. The zero-order chi connectivity index (χ0) is 18.2. The first-order valence-electron chi connectivity index (χ1n) is 8.56. The molecule has 0 unspecified atom stereocenters. The molecular weight excluding hydrogens is 356 g/mol. The highest BCUT2D eigenvalue weighted by molar-refractivity contribution is 7.99. The Hall–Kier alpha value is -3.32. The molecule has 27 heavy (non-hydrogen) atoms. The third-order valence-electron chi connectivity index (χ3n) is 4.24. The van der Waals surface area contributed by atoms with Crippen molar-refractivity contribution in [1.82, 2.24) is 25.1 Å². The number of H-pyrrole nitrogens is 2. The van der Waals surface area contributed by atoms with E-state index in [1.165, 1.54) is 17.1 Å². The molecule has 0 fully saturated rings. The van der Waals surface area contributed by atoms with Crippen LogP contribution in [0, 0.1) is 6.92 Å². The first-order valence-corrected chi connectivity index (χ1v) is 9.38. The van der Waals surface area contributed by atoms with Crippen molar-refractivity contribution in [3.05, 3.63) is 66.4 Å². The first-order chi connectivity index (χ1) is 13.2. The van der Waals surface area contributed by atoms with Crippen LogP contribution in [0.3, 0.4) is 0 Å². The van der Waals surface area contributed by atoms with Gasteiger partial charge in [0.25, 0.3) is 0 Å². The van der Waals surface area contributed by atoms with E-state index in [0.29, 0.717) is 5.16 Å². The summed E-state index contributed by atoms with van der Waals surface area (Å²) in [6.45, 7) is 1.97. The number of anilines is 2. The molecule has 0 aliphatic carbocycles. The number of para-hydroxylation sites is 2. The molecule has 6 nitrogen and oxygen atoms in total. The van der Waals surface area contributed by atoms with Gasteiger partial charge in [0.05, 0.1) is 10.5 Å². The smallest absolute Gasteiger partial charge is 0.196 e.